The van der Waals surface area contributed by atoms with Crippen LogP contribution < -0.4 is 15.1 Å². The van der Waals surface area contributed by atoms with Crippen molar-refractivity contribution >= 4 is 22.7 Å². The fourth-order valence-electron chi connectivity index (χ4n) is 5.51. The molecule has 1 saturated carbocycles. The number of hydrogen-bond acceptors (Lipinski definition) is 6. The standard InChI is InChI=1S/C26H27F2N3O4/c1-4-35-25(33)20-21(29-14(2)23(34-3)22(20)32)18-9-15-7-5-6-8-19(15)30-24(18)31-12-16-10-26(27,28)11-17(16)13-31/h5-9,16-17H,4,10-13H2,1-3H3,(H,29,32). The van der Waals surface area contributed by atoms with Gasteiger partial charge in [0.05, 0.1) is 30.6 Å². The number of rotatable bonds is 5. The number of fused-ring (bicyclic) bond motifs is 2. The molecule has 184 valence electrons. The number of carbonyl (C=O) groups is 1. The molecule has 2 fully saturated rings. The molecule has 2 aliphatic rings. The van der Waals surface area contributed by atoms with E-state index in [1.54, 1.807) is 13.8 Å². The van der Waals surface area contributed by atoms with E-state index in [0.717, 1.165) is 10.9 Å². The van der Waals surface area contributed by atoms with Crippen molar-refractivity contribution in [3.05, 3.63) is 51.8 Å². The summed E-state index contributed by atoms with van der Waals surface area (Å²) in [5.41, 5.74) is 1.27. The summed E-state index contributed by atoms with van der Waals surface area (Å²) in [6.07, 6.45) is -0.271. The Bertz CT molecular complexity index is 1350. The number of alkyl halides is 2. The molecular formula is C26H27F2N3O4. The van der Waals surface area contributed by atoms with Crippen molar-refractivity contribution in [2.75, 3.05) is 31.7 Å². The van der Waals surface area contributed by atoms with Crippen LogP contribution in [-0.4, -0.2) is 48.7 Å². The zero-order valence-electron chi connectivity index (χ0n) is 19.9. The maximum atomic E-state index is 14.0. The van der Waals surface area contributed by atoms with Crippen molar-refractivity contribution in [2.45, 2.75) is 32.6 Å². The van der Waals surface area contributed by atoms with E-state index in [9.17, 15) is 18.4 Å². The molecule has 9 heteroatoms. The van der Waals surface area contributed by atoms with Gasteiger partial charge in [-0.3, -0.25) is 4.79 Å². The lowest BCUT2D eigenvalue weighted by Crippen LogP contribution is -2.27. The minimum absolute atomic E-state index is 0.0324. The number of pyridine rings is 2. The minimum Gasteiger partial charge on any atom is -0.491 e. The van der Waals surface area contributed by atoms with Crippen LogP contribution in [0.1, 0.15) is 35.8 Å². The Labute approximate surface area is 201 Å². The Kier molecular flexibility index (Phi) is 5.73. The molecule has 3 heterocycles. The Hall–Kier alpha value is -3.49. The molecule has 1 aliphatic heterocycles. The smallest absolute Gasteiger partial charge is 0.344 e. The van der Waals surface area contributed by atoms with E-state index in [0.29, 0.717) is 30.2 Å². The summed E-state index contributed by atoms with van der Waals surface area (Å²) in [6, 6.07) is 9.40. The molecular weight excluding hydrogens is 456 g/mol. The molecule has 2 atom stereocenters. The molecule has 0 spiro atoms. The second-order valence-corrected chi connectivity index (χ2v) is 9.32. The number of aromatic amines is 1. The van der Waals surface area contributed by atoms with E-state index >= 15 is 0 Å². The highest BCUT2D eigenvalue weighted by Crippen LogP contribution is 2.48. The molecule has 2 unspecified atom stereocenters. The third-order valence-corrected chi connectivity index (χ3v) is 6.99. The molecule has 0 bridgehead atoms. The predicted octanol–water partition coefficient (Wildman–Crippen LogP) is 4.57. The average Bonchev–Trinajstić information content (AvgIpc) is 3.31. The van der Waals surface area contributed by atoms with Gasteiger partial charge in [-0.05, 0) is 37.8 Å². The van der Waals surface area contributed by atoms with Gasteiger partial charge in [0.15, 0.2) is 5.75 Å². The maximum absolute atomic E-state index is 14.0. The van der Waals surface area contributed by atoms with E-state index in [2.05, 4.69) is 4.98 Å². The van der Waals surface area contributed by atoms with Crippen molar-refractivity contribution in [1.29, 1.82) is 0 Å². The highest BCUT2D eigenvalue weighted by molar-refractivity contribution is 6.00. The molecule has 7 nitrogen and oxygen atoms in total. The molecule has 1 N–H and O–H groups in total. The number of methoxy groups -OCH3 is 1. The van der Waals surface area contributed by atoms with Crippen LogP contribution in [0.2, 0.25) is 0 Å². The van der Waals surface area contributed by atoms with Gasteiger partial charge in [-0.1, -0.05) is 18.2 Å². The quantitative estimate of drug-likeness (QED) is 0.536. The molecule has 1 saturated heterocycles. The van der Waals surface area contributed by atoms with Crippen molar-refractivity contribution in [3.63, 3.8) is 0 Å². The van der Waals surface area contributed by atoms with Crippen molar-refractivity contribution < 1.29 is 23.0 Å². The molecule has 5 rings (SSSR count). The summed E-state index contributed by atoms with van der Waals surface area (Å²) in [5, 5.41) is 0.821. The van der Waals surface area contributed by atoms with Gasteiger partial charge in [-0.25, -0.2) is 18.6 Å². The number of benzene rings is 1. The van der Waals surface area contributed by atoms with Crippen LogP contribution in [0.4, 0.5) is 14.6 Å². The van der Waals surface area contributed by atoms with Crippen molar-refractivity contribution in [1.82, 2.24) is 9.97 Å². The second kappa shape index (κ2) is 8.62. The van der Waals surface area contributed by atoms with Gasteiger partial charge in [0.2, 0.25) is 11.4 Å². The summed E-state index contributed by atoms with van der Waals surface area (Å²) in [7, 11) is 1.37. The normalized spacial score (nSPS) is 20.8. The predicted molar refractivity (Wildman–Crippen MR) is 128 cm³/mol. The van der Waals surface area contributed by atoms with Crippen LogP contribution in [-0.2, 0) is 4.74 Å². The van der Waals surface area contributed by atoms with Gasteiger partial charge in [-0.15, -0.1) is 0 Å². The van der Waals surface area contributed by atoms with Crippen molar-refractivity contribution in [2.24, 2.45) is 11.8 Å². The number of esters is 1. The van der Waals surface area contributed by atoms with Crippen LogP contribution in [0.15, 0.2) is 35.1 Å². The van der Waals surface area contributed by atoms with Crippen molar-refractivity contribution in [3.8, 4) is 17.0 Å². The Morgan fingerprint density at radius 1 is 1.23 bits per heavy atom. The summed E-state index contributed by atoms with van der Waals surface area (Å²) in [5.74, 6) is -3.08. The van der Waals surface area contributed by atoms with Crippen LogP contribution in [0.3, 0.4) is 0 Å². The number of aryl methyl sites for hydroxylation is 1. The maximum Gasteiger partial charge on any atom is 0.344 e. The van der Waals surface area contributed by atoms with E-state index in [1.165, 1.54) is 7.11 Å². The zero-order chi connectivity index (χ0) is 24.9. The fourth-order valence-corrected chi connectivity index (χ4v) is 5.51. The largest absolute Gasteiger partial charge is 0.491 e. The summed E-state index contributed by atoms with van der Waals surface area (Å²) in [6.45, 7) is 4.33. The number of carbonyl (C=O) groups excluding carboxylic acids is 1. The number of nitrogens with one attached hydrogen (secondary N) is 1. The highest BCUT2D eigenvalue weighted by Gasteiger charge is 2.50. The van der Waals surface area contributed by atoms with E-state index in [-0.39, 0.29) is 48.3 Å². The van der Waals surface area contributed by atoms with Gasteiger partial charge in [0.25, 0.3) is 0 Å². The Morgan fingerprint density at radius 2 is 1.91 bits per heavy atom. The molecule has 3 aromatic rings. The third-order valence-electron chi connectivity index (χ3n) is 6.99. The molecule has 0 radical (unpaired) electrons. The molecule has 2 aromatic heterocycles. The summed E-state index contributed by atoms with van der Waals surface area (Å²) < 4.78 is 38.4. The van der Waals surface area contributed by atoms with E-state index < -0.39 is 17.3 Å². The lowest BCUT2D eigenvalue weighted by atomic mass is 10.0. The monoisotopic (exact) mass is 483 g/mol. The Balaban J connectivity index is 1.71. The van der Waals surface area contributed by atoms with Gasteiger partial charge in [-0.2, -0.15) is 0 Å². The molecule has 35 heavy (non-hydrogen) atoms. The third kappa shape index (κ3) is 4.02. The number of anilines is 1. The fraction of sp³-hybridized carbons (Fsp3) is 0.423. The topological polar surface area (TPSA) is 84.5 Å². The first-order chi connectivity index (χ1) is 16.7. The van der Waals surface area contributed by atoms with Gasteiger partial charge < -0.3 is 19.4 Å². The first kappa shape index (κ1) is 23.3. The summed E-state index contributed by atoms with van der Waals surface area (Å²) in [4.78, 5) is 36.3. The number of hydrogen-bond donors (Lipinski definition) is 1. The second-order valence-electron chi connectivity index (χ2n) is 9.32. The minimum atomic E-state index is -2.63. The Morgan fingerprint density at radius 3 is 2.57 bits per heavy atom. The number of nitrogens with zero attached hydrogens (tertiary/aromatic N) is 2. The highest BCUT2D eigenvalue weighted by atomic mass is 19.3. The van der Waals surface area contributed by atoms with E-state index in [1.807, 2.05) is 35.2 Å². The summed E-state index contributed by atoms with van der Waals surface area (Å²) >= 11 is 0. The number of H-pyrrole nitrogens is 1. The average molecular weight is 484 g/mol. The lowest BCUT2D eigenvalue weighted by molar-refractivity contribution is 0.00171. The number of aromatic nitrogens is 2. The van der Waals surface area contributed by atoms with Crippen LogP contribution in [0.5, 0.6) is 5.75 Å². The van der Waals surface area contributed by atoms with Crippen LogP contribution in [0, 0.1) is 18.8 Å². The van der Waals surface area contributed by atoms with Crippen LogP contribution >= 0.6 is 0 Å². The lowest BCUT2D eigenvalue weighted by Gasteiger charge is -2.24. The van der Waals surface area contributed by atoms with Gasteiger partial charge in [0, 0.05) is 36.9 Å². The molecule has 1 aromatic carbocycles. The SMILES string of the molecule is CCOC(=O)c1c(-c2cc3ccccc3nc2N2CC3CC(F)(F)CC3C2)[nH]c(C)c(OC)c1=O. The molecule has 0 amide bonds. The van der Waals surface area contributed by atoms with Gasteiger partial charge in [0.1, 0.15) is 11.4 Å². The first-order valence-corrected chi connectivity index (χ1v) is 11.7. The molecule has 1 aliphatic carbocycles. The zero-order valence-corrected chi connectivity index (χ0v) is 19.9. The first-order valence-electron chi connectivity index (χ1n) is 11.7. The number of para-hydroxylation sites is 1. The van der Waals surface area contributed by atoms with Crippen LogP contribution in [0.25, 0.3) is 22.2 Å². The number of halogens is 2. The van der Waals surface area contributed by atoms with Gasteiger partial charge >= 0.3 is 5.97 Å². The number of ether oxygens (including phenoxy) is 2. The van der Waals surface area contributed by atoms with E-state index in [4.69, 9.17) is 14.5 Å².